The highest BCUT2D eigenvalue weighted by molar-refractivity contribution is 6.30. The van der Waals surface area contributed by atoms with Crippen LogP contribution in [0.25, 0.3) is 0 Å². The molecule has 1 saturated heterocycles. The van der Waals surface area contributed by atoms with Crippen LogP contribution in [0.3, 0.4) is 0 Å². The maximum Gasteiger partial charge on any atom is 0.225 e. The van der Waals surface area contributed by atoms with Crippen molar-refractivity contribution in [2.75, 3.05) is 6.54 Å². The molecule has 6 nitrogen and oxygen atoms in total. The zero-order valence-electron chi connectivity index (χ0n) is 13.0. The number of aromatic nitrogens is 2. The molecule has 1 aliphatic heterocycles. The van der Waals surface area contributed by atoms with Gasteiger partial charge in [-0.25, -0.2) is 9.97 Å². The summed E-state index contributed by atoms with van der Waals surface area (Å²) in [5.74, 6) is 0.559. The Kier molecular flexibility index (Phi) is 5.10. The van der Waals surface area contributed by atoms with Gasteiger partial charge in [0.25, 0.3) is 0 Å². The van der Waals surface area contributed by atoms with E-state index in [-0.39, 0.29) is 24.3 Å². The standard InChI is InChI=1S/C16H21ClN4O2/c17-12-7-18-14(19-8-12)9-20-16(23)11-5-6-15(22)21(10-11)13-3-1-2-4-13/h7-8,11,13H,1-6,9-10H2,(H,20,23)/t11-/m0/s1. The van der Waals surface area contributed by atoms with Crippen molar-refractivity contribution in [3.63, 3.8) is 0 Å². The molecule has 0 radical (unpaired) electrons. The van der Waals surface area contributed by atoms with Crippen molar-refractivity contribution in [3.8, 4) is 0 Å². The van der Waals surface area contributed by atoms with Crippen LogP contribution in [0.5, 0.6) is 0 Å². The van der Waals surface area contributed by atoms with Gasteiger partial charge in [0.05, 0.1) is 17.5 Å². The topological polar surface area (TPSA) is 75.2 Å². The van der Waals surface area contributed by atoms with Gasteiger partial charge in [-0.15, -0.1) is 0 Å². The fourth-order valence-electron chi connectivity index (χ4n) is 3.40. The lowest BCUT2D eigenvalue weighted by molar-refractivity contribution is -0.140. The molecule has 2 aliphatic rings. The van der Waals surface area contributed by atoms with Crippen LogP contribution in [-0.2, 0) is 16.1 Å². The average Bonchev–Trinajstić information content (AvgIpc) is 3.09. The lowest BCUT2D eigenvalue weighted by Crippen LogP contribution is -2.49. The summed E-state index contributed by atoms with van der Waals surface area (Å²) in [6.07, 6.45) is 8.60. The van der Waals surface area contributed by atoms with Crippen molar-refractivity contribution in [2.45, 2.75) is 51.1 Å². The van der Waals surface area contributed by atoms with E-state index in [1.165, 1.54) is 25.2 Å². The number of nitrogens with one attached hydrogen (secondary N) is 1. The third-order valence-electron chi connectivity index (χ3n) is 4.67. The molecule has 3 rings (SSSR count). The van der Waals surface area contributed by atoms with Gasteiger partial charge in [-0.2, -0.15) is 0 Å². The molecule has 1 saturated carbocycles. The lowest BCUT2D eigenvalue weighted by atomic mass is 9.95. The molecular formula is C16H21ClN4O2. The first-order valence-electron chi connectivity index (χ1n) is 8.17. The Balaban J connectivity index is 1.54. The van der Waals surface area contributed by atoms with Gasteiger partial charge in [-0.1, -0.05) is 24.4 Å². The predicted octanol–water partition coefficient (Wildman–Crippen LogP) is 1.93. The smallest absolute Gasteiger partial charge is 0.225 e. The number of nitrogens with zero attached hydrogens (tertiary/aromatic N) is 3. The summed E-state index contributed by atoms with van der Waals surface area (Å²) in [5.41, 5.74) is 0. The van der Waals surface area contributed by atoms with E-state index in [0.29, 0.717) is 36.3 Å². The van der Waals surface area contributed by atoms with Crippen LogP contribution >= 0.6 is 11.6 Å². The molecule has 0 aromatic carbocycles. The van der Waals surface area contributed by atoms with Crippen LogP contribution in [0.15, 0.2) is 12.4 Å². The highest BCUT2D eigenvalue weighted by atomic mass is 35.5. The second kappa shape index (κ2) is 7.25. The van der Waals surface area contributed by atoms with E-state index in [1.54, 1.807) is 0 Å². The monoisotopic (exact) mass is 336 g/mol. The van der Waals surface area contributed by atoms with Crippen LogP contribution in [0, 0.1) is 5.92 Å². The number of hydrogen-bond acceptors (Lipinski definition) is 4. The van der Waals surface area contributed by atoms with Gasteiger partial charge < -0.3 is 10.2 Å². The number of piperidine rings is 1. The fourth-order valence-corrected chi connectivity index (χ4v) is 3.49. The number of rotatable bonds is 4. The number of carbonyl (C=O) groups excluding carboxylic acids is 2. The molecule has 7 heteroatoms. The van der Waals surface area contributed by atoms with E-state index in [0.717, 1.165) is 12.8 Å². The van der Waals surface area contributed by atoms with E-state index >= 15 is 0 Å². The van der Waals surface area contributed by atoms with Crippen molar-refractivity contribution in [1.82, 2.24) is 20.2 Å². The summed E-state index contributed by atoms with van der Waals surface area (Å²) >= 11 is 5.74. The van der Waals surface area contributed by atoms with E-state index < -0.39 is 0 Å². The molecule has 2 heterocycles. The zero-order valence-corrected chi connectivity index (χ0v) is 13.8. The first kappa shape index (κ1) is 16.2. The van der Waals surface area contributed by atoms with E-state index in [9.17, 15) is 9.59 Å². The minimum Gasteiger partial charge on any atom is -0.349 e. The Morgan fingerprint density at radius 1 is 1.26 bits per heavy atom. The van der Waals surface area contributed by atoms with E-state index in [2.05, 4.69) is 15.3 Å². The van der Waals surface area contributed by atoms with Gasteiger partial charge in [0.1, 0.15) is 5.82 Å². The Bertz CT molecular complexity index is 572. The normalized spacial score (nSPS) is 22.4. The summed E-state index contributed by atoms with van der Waals surface area (Å²) in [5, 5.41) is 3.34. The van der Waals surface area contributed by atoms with Crippen LogP contribution in [0.1, 0.15) is 44.3 Å². The second-order valence-corrected chi connectivity index (χ2v) is 6.69. The molecule has 1 aliphatic carbocycles. The summed E-state index contributed by atoms with van der Waals surface area (Å²) in [7, 11) is 0. The first-order chi connectivity index (χ1) is 11.1. The van der Waals surface area contributed by atoms with E-state index in [1.807, 2.05) is 4.90 Å². The molecule has 0 unspecified atom stereocenters. The van der Waals surface area contributed by atoms with Crippen molar-refractivity contribution in [2.24, 2.45) is 5.92 Å². The number of halogens is 1. The highest BCUT2D eigenvalue weighted by Gasteiger charge is 2.35. The van der Waals surface area contributed by atoms with Crippen molar-refractivity contribution < 1.29 is 9.59 Å². The summed E-state index contributed by atoms with van der Waals surface area (Å²) in [6, 6.07) is 0.331. The molecule has 1 aromatic heterocycles. The third kappa shape index (κ3) is 3.99. The molecule has 2 amide bonds. The molecule has 0 bridgehead atoms. The average molecular weight is 337 g/mol. The van der Waals surface area contributed by atoms with Crippen LogP contribution in [0.2, 0.25) is 5.02 Å². The molecule has 124 valence electrons. The Morgan fingerprint density at radius 3 is 2.65 bits per heavy atom. The van der Waals surface area contributed by atoms with Gasteiger partial charge in [0, 0.05) is 31.4 Å². The molecule has 1 N–H and O–H groups in total. The number of likely N-dealkylation sites (tertiary alicyclic amines) is 1. The quantitative estimate of drug-likeness (QED) is 0.911. The Morgan fingerprint density at radius 2 is 1.96 bits per heavy atom. The lowest BCUT2D eigenvalue weighted by Gasteiger charge is -2.36. The molecule has 1 aromatic rings. The van der Waals surface area contributed by atoms with E-state index in [4.69, 9.17) is 11.6 Å². The SMILES string of the molecule is O=C(NCc1ncc(Cl)cn1)[C@H]1CCC(=O)N(C2CCCC2)C1. The summed E-state index contributed by atoms with van der Waals surface area (Å²) in [6.45, 7) is 0.820. The Labute approximate surface area is 140 Å². The summed E-state index contributed by atoms with van der Waals surface area (Å²) in [4.78, 5) is 34.6. The van der Waals surface area contributed by atoms with Crippen LogP contribution < -0.4 is 5.32 Å². The third-order valence-corrected chi connectivity index (χ3v) is 4.87. The van der Waals surface area contributed by atoms with Crippen LogP contribution in [-0.4, -0.2) is 39.3 Å². The van der Waals surface area contributed by atoms with Crippen LogP contribution in [0.4, 0.5) is 0 Å². The van der Waals surface area contributed by atoms with Crippen molar-refractivity contribution in [3.05, 3.63) is 23.2 Å². The maximum absolute atomic E-state index is 12.4. The molecule has 0 spiro atoms. The van der Waals surface area contributed by atoms with Crippen molar-refractivity contribution >= 4 is 23.4 Å². The number of amides is 2. The van der Waals surface area contributed by atoms with Gasteiger partial charge in [0.15, 0.2) is 0 Å². The molecule has 2 fully saturated rings. The largest absolute Gasteiger partial charge is 0.349 e. The molecule has 1 atom stereocenters. The Hall–Kier alpha value is -1.69. The minimum absolute atomic E-state index is 0.0287. The molecule has 23 heavy (non-hydrogen) atoms. The number of carbonyl (C=O) groups is 2. The van der Waals surface area contributed by atoms with Gasteiger partial charge in [-0.05, 0) is 19.3 Å². The second-order valence-electron chi connectivity index (χ2n) is 6.26. The summed E-state index contributed by atoms with van der Waals surface area (Å²) < 4.78 is 0. The predicted molar refractivity (Wildman–Crippen MR) is 85.6 cm³/mol. The zero-order chi connectivity index (χ0) is 16.2. The molecular weight excluding hydrogens is 316 g/mol. The minimum atomic E-state index is -0.138. The van der Waals surface area contributed by atoms with Gasteiger partial charge in [0.2, 0.25) is 11.8 Å². The first-order valence-corrected chi connectivity index (χ1v) is 8.55. The number of hydrogen-bond donors (Lipinski definition) is 1. The van der Waals surface area contributed by atoms with Crippen molar-refractivity contribution in [1.29, 1.82) is 0 Å². The van der Waals surface area contributed by atoms with Gasteiger partial charge >= 0.3 is 0 Å². The highest BCUT2D eigenvalue weighted by Crippen LogP contribution is 2.28. The maximum atomic E-state index is 12.4. The fraction of sp³-hybridized carbons (Fsp3) is 0.625. The van der Waals surface area contributed by atoms with Gasteiger partial charge in [-0.3, -0.25) is 9.59 Å².